The van der Waals surface area contributed by atoms with E-state index < -0.39 is 12.3 Å². The molecule has 0 aliphatic carbocycles. The van der Waals surface area contributed by atoms with Crippen LogP contribution in [0.2, 0.25) is 0 Å². The number of hydrogen-bond donors (Lipinski definition) is 3. The first-order valence-electron chi connectivity index (χ1n) is 11.8. The molecular formula is C26H34FN3O3. The van der Waals surface area contributed by atoms with Gasteiger partial charge >= 0.3 is 6.03 Å². The number of anilines is 1. The molecule has 4 rings (SSSR count). The Hall–Kier alpha value is -2.48. The van der Waals surface area contributed by atoms with Crippen LogP contribution in [0.3, 0.4) is 0 Å². The van der Waals surface area contributed by atoms with Crippen molar-refractivity contribution in [2.45, 2.75) is 44.4 Å². The van der Waals surface area contributed by atoms with Crippen LogP contribution in [-0.2, 0) is 23.3 Å². The van der Waals surface area contributed by atoms with Gasteiger partial charge in [0.15, 0.2) is 0 Å². The highest BCUT2D eigenvalue weighted by atomic mass is 19.1. The molecule has 6 nitrogen and oxygen atoms in total. The molecule has 3 N–H and O–H groups in total. The third kappa shape index (κ3) is 6.53. The maximum Gasteiger partial charge on any atom is 0.319 e. The Morgan fingerprint density at radius 1 is 1.09 bits per heavy atom. The van der Waals surface area contributed by atoms with Crippen molar-refractivity contribution in [3.8, 4) is 0 Å². The maximum atomic E-state index is 13.0. The molecule has 2 heterocycles. The van der Waals surface area contributed by atoms with Gasteiger partial charge in [-0.25, -0.2) is 9.18 Å². The molecular weight excluding hydrogens is 421 g/mol. The van der Waals surface area contributed by atoms with E-state index in [1.807, 2.05) is 36.4 Å². The number of benzene rings is 2. The van der Waals surface area contributed by atoms with Crippen LogP contribution < -0.4 is 10.6 Å². The van der Waals surface area contributed by atoms with E-state index in [1.165, 1.54) is 18.1 Å². The van der Waals surface area contributed by atoms with Crippen LogP contribution in [0.25, 0.3) is 0 Å². The molecule has 2 amide bonds. The number of piperidine rings is 1. The summed E-state index contributed by atoms with van der Waals surface area (Å²) in [7, 11) is 0. The first-order chi connectivity index (χ1) is 15.9. The van der Waals surface area contributed by atoms with Crippen molar-refractivity contribution in [1.82, 2.24) is 10.2 Å². The quantitative estimate of drug-likeness (QED) is 0.566. The molecule has 178 valence electrons. The number of urea groups is 1. The van der Waals surface area contributed by atoms with Gasteiger partial charge in [-0.3, -0.25) is 4.90 Å². The molecule has 0 radical (unpaired) electrons. The van der Waals surface area contributed by atoms with E-state index in [9.17, 15) is 14.3 Å². The lowest BCUT2D eigenvalue weighted by Crippen LogP contribution is -2.49. The van der Waals surface area contributed by atoms with Gasteiger partial charge in [-0.2, -0.15) is 0 Å². The Morgan fingerprint density at radius 3 is 2.30 bits per heavy atom. The fourth-order valence-electron chi connectivity index (χ4n) is 4.38. The molecule has 7 heteroatoms. The van der Waals surface area contributed by atoms with Crippen molar-refractivity contribution in [3.05, 3.63) is 65.2 Å². The Balaban J connectivity index is 1.19. The highest BCUT2D eigenvalue weighted by Crippen LogP contribution is 2.25. The van der Waals surface area contributed by atoms with E-state index >= 15 is 0 Å². The molecule has 0 spiro atoms. The Labute approximate surface area is 195 Å². The van der Waals surface area contributed by atoms with Crippen molar-refractivity contribution in [1.29, 1.82) is 0 Å². The smallest absolute Gasteiger partial charge is 0.319 e. The number of carbonyl (C=O) groups is 1. The number of ether oxygens (including phenoxy) is 1. The van der Waals surface area contributed by atoms with Crippen molar-refractivity contribution >= 4 is 11.7 Å². The highest BCUT2D eigenvalue weighted by Gasteiger charge is 2.24. The Kier molecular flexibility index (Phi) is 7.63. The molecule has 1 atom stereocenters. The van der Waals surface area contributed by atoms with Crippen LogP contribution in [0.1, 0.15) is 36.5 Å². The maximum absolute atomic E-state index is 13.0. The van der Waals surface area contributed by atoms with Gasteiger partial charge in [0, 0.05) is 12.2 Å². The molecule has 0 aromatic heterocycles. The first-order valence-corrected chi connectivity index (χ1v) is 11.8. The summed E-state index contributed by atoms with van der Waals surface area (Å²) in [6.07, 6.45) is 3.35. The fourth-order valence-corrected chi connectivity index (χ4v) is 4.38. The van der Waals surface area contributed by atoms with E-state index in [4.69, 9.17) is 4.74 Å². The van der Waals surface area contributed by atoms with Gasteiger partial charge in [0.2, 0.25) is 0 Å². The normalized spacial score (nSPS) is 19.5. The van der Waals surface area contributed by atoms with Crippen LogP contribution in [0.5, 0.6) is 0 Å². The summed E-state index contributed by atoms with van der Waals surface area (Å²) in [5.74, 6) is 0.656. The number of carbonyl (C=O) groups excluding carboxylic acids is 1. The van der Waals surface area contributed by atoms with Crippen LogP contribution in [0, 0.1) is 5.92 Å². The van der Waals surface area contributed by atoms with E-state index in [-0.39, 0.29) is 12.1 Å². The second kappa shape index (κ2) is 10.6. The molecule has 2 saturated heterocycles. The Bertz CT molecular complexity index is 905. The number of hydrogen-bond acceptors (Lipinski definition) is 4. The number of nitrogens with zero attached hydrogens (tertiary/aromatic N) is 1. The van der Waals surface area contributed by atoms with E-state index in [2.05, 4.69) is 27.7 Å². The second-order valence-electron chi connectivity index (χ2n) is 9.56. The van der Waals surface area contributed by atoms with E-state index in [0.29, 0.717) is 24.7 Å². The summed E-state index contributed by atoms with van der Waals surface area (Å²) in [4.78, 5) is 14.4. The average Bonchev–Trinajstić information content (AvgIpc) is 2.79. The fraction of sp³-hybridized carbons (Fsp3) is 0.500. The topological polar surface area (TPSA) is 73.8 Å². The van der Waals surface area contributed by atoms with Crippen LogP contribution >= 0.6 is 0 Å². The molecule has 0 saturated carbocycles. The molecule has 0 bridgehead atoms. The zero-order chi connectivity index (χ0) is 23.3. The van der Waals surface area contributed by atoms with Crippen LogP contribution in [0.4, 0.5) is 14.9 Å². The first kappa shape index (κ1) is 23.7. The predicted molar refractivity (Wildman–Crippen MR) is 127 cm³/mol. The van der Waals surface area contributed by atoms with Crippen molar-refractivity contribution in [2.24, 2.45) is 5.92 Å². The molecule has 2 aromatic rings. The number of nitrogens with one attached hydrogen (secondary N) is 2. The highest BCUT2D eigenvalue weighted by molar-refractivity contribution is 5.89. The second-order valence-corrected chi connectivity index (χ2v) is 9.56. The van der Waals surface area contributed by atoms with E-state index in [1.54, 1.807) is 0 Å². The number of alkyl halides is 1. The predicted octanol–water partition coefficient (Wildman–Crippen LogP) is 3.84. The number of likely N-dealkylation sites (tertiary alicyclic amines) is 1. The van der Waals surface area contributed by atoms with Gasteiger partial charge in [-0.15, -0.1) is 0 Å². The minimum absolute atomic E-state index is 0.118. The number of rotatable bonds is 8. The van der Waals surface area contributed by atoms with Gasteiger partial charge in [0.05, 0.1) is 19.3 Å². The molecule has 33 heavy (non-hydrogen) atoms. The number of amides is 2. The third-order valence-electron chi connectivity index (χ3n) is 6.66. The zero-order valence-corrected chi connectivity index (χ0v) is 19.2. The monoisotopic (exact) mass is 455 g/mol. The number of aliphatic hydroxyl groups is 1. The largest absolute Gasteiger partial charge is 0.383 e. The molecule has 2 aliphatic heterocycles. The van der Waals surface area contributed by atoms with Crippen molar-refractivity contribution < 1.29 is 19.0 Å². The van der Waals surface area contributed by atoms with Crippen LogP contribution in [0.15, 0.2) is 48.5 Å². The van der Waals surface area contributed by atoms with Gasteiger partial charge in [-0.1, -0.05) is 36.4 Å². The minimum atomic E-state index is -1.41. The van der Waals surface area contributed by atoms with Crippen molar-refractivity contribution in [3.63, 3.8) is 0 Å². The van der Waals surface area contributed by atoms with Crippen molar-refractivity contribution in [2.75, 3.05) is 38.3 Å². The van der Waals surface area contributed by atoms with Crippen LogP contribution in [-0.4, -0.2) is 55.1 Å². The minimum Gasteiger partial charge on any atom is -0.383 e. The summed E-state index contributed by atoms with van der Waals surface area (Å²) >= 11 is 0. The standard InChI is InChI=1S/C26H34FN3O3/c1-26(32,18-27)22-6-2-21(3-7-22)15-30-12-10-20(11-13-30)14-19-4-8-23(9-5-19)28-25(31)29-24-16-33-17-24/h2-9,20,24,32H,10-18H2,1H3,(H2,28,29,31). The van der Waals surface area contributed by atoms with E-state index in [0.717, 1.165) is 44.6 Å². The average molecular weight is 456 g/mol. The molecule has 2 fully saturated rings. The lowest BCUT2D eigenvalue weighted by atomic mass is 9.90. The summed E-state index contributed by atoms with van der Waals surface area (Å²) in [5.41, 5.74) is 2.47. The Morgan fingerprint density at radius 2 is 1.73 bits per heavy atom. The SMILES string of the molecule is CC(O)(CF)c1ccc(CN2CCC(Cc3ccc(NC(=O)NC4COC4)cc3)CC2)cc1. The molecule has 2 aliphatic rings. The summed E-state index contributed by atoms with van der Waals surface area (Å²) in [6.45, 7) is 4.87. The molecule has 2 aromatic carbocycles. The summed E-state index contributed by atoms with van der Waals surface area (Å²) in [5, 5.41) is 15.8. The van der Waals surface area contributed by atoms with Gasteiger partial charge in [0.25, 0.3) is 0 Å². The lowest BCUT2D eigenvalue weighted by molar-refractivity contribution is 0.000735. The summed E-state index contributed by atoms with van der Waals surface area (Å²) < 4.78 is 18.0. The lowest BCUT2D eigenvalue weighted by Gasteiger charge is -2.32. The number of halogens is 1. The third-order valence-corrected chi connectivity index (χ3v) is 6.66. The van der Waals surface area contributed by atoms with Gasteiger partial charge < -0.3 is 20.5 Å². The van der Waals surface area contributed by atoms with Gasteiger partial charge in [-0.05, 0) is 74.0 Å². The zero-order valence-electron chi connectivity index (χ0n) is 19.2. The van der Waals surface area contributed by atoms with Gasteiger partial charge in [0.1, 0.15) is 12.3 Å². The summed E-state index contributed by atoms with van der Waals surface area (Å²) in [6, 6.07) is 15.7. The molecule has 1 unspecified atom stereocenters.